The van der Waals surface area contributed by atoms with E-state index < -0.39 is 5.97 Å². The molecule has 5 nitrogen and oxygen atoms in total. The number of rotatable bonds is 3. The molecular formula is C18H17FN2O3. The number of carbonyl (C=O) groups is 2. The molecule has 0 aliphatic carbocycles. The molecule has 1 aromatic carbocycles. The third kappa shape index (κ3) is 3.13. The van der Waals surface area contributed by atoms with Crippen molar-refractivity contribution in [2.45, 2.75) is 25.3 Å². The molecule has 2 aromatic rings. The number of halogens is 1. The summed E-state index contributed by atoms with van der Waals surface area (Å²) >= 11 is 0. The number of likely N-dealkylation sites (tertiary alicyclic amines) is 1. The van der Waals surface area contributed by atoms with Crippen LogP contribution in [0.15, 0.2) is 42.6 Å². The van der Waals surface area contributed by atoms with Crippen molar-refractivity contribution in [1.82, 2.24) is 9.88 Å². The Labute approximate surface area is 138 Å². The van der Waals surface area contributed by atoms with Gasteiger partial charge in [-0.05, 0) is 43.2 Å². The van der Waals surface area contributed by atoms with Crippen LogP contribution in [0.5, 0.6) is 0 Å². The number of benzene rings is 1. The van der Waals surface area contributed by atoms with Crippen LogP contribution in [-0.2, 0) is 0 Å². The lowest BCUT2D eigenvalue weighted by Gasteiger charge is -2.21. The van der Waals surface area contributed by atoms with Crippen molar-refractivity contribution in [2.24, 2.45) is 0 Å². The van der Waals surface area contributed by atoms with Crippen LogP contribution < -0.4 is 0 Å². The summed E-state index contributed by atoms with van der Waals surface area (Å²) in [6, 6.07) is 9.22. The number of aromatic carboxylic acids is 1. The first-order valence-corrected chi connectivity index (χ1v) is 7.71. The van der Waals surface area contributed by atoms with Crippen molar-refractivity contribution in [2.75, 3.05) is 6.54 Å². The van der Waals surface area contributed by atoms with Crippen LogP contribution in [0.1, 0.15) is 45.7 Å². The Hall–Kier alpha value is -2.76. The van der Waals surface area contributed by atoms with Crippen LogP contribution in [0.3, 0.4) is 0 Å². The maximum Gasteiger partial charge on any atom is 0.354 e. The minimum atomic E-state index is -1.13. The van der Waals surface area contributed by atoms with Crippen molar-refractivity contribution in [3.8, 4) is 0 Å². The number of aromatic nitrogens is 1. The van der Waals surface area contributed by atoms with Crippen LogP contribution in [0.2, 0.25) is 0 Å². The summed E-state index contributed by atoms with van der Waals surface area (Å²) in [7, 11) is 0. The van der Waals surface area contributed by atoms with Crippen molar-refractivity contribution >= 4 is 11.9 Å². The third-order valence-electron chi connectivity index (χ3n) is 4.41. The van der Waals surface area contributed by atoms with Crippen LogP contribution in [0.25, 0.3) is 0 Å². The highest BCUT2D eigenvalue weighted by atomic mass is 19.1. The summed E-state index contributed by atoms with van der Waals surface area (Å²) in [5, 5.41) is 8.86. The summed E-state index contributed by atoms with van der Waals surface area (Å²) < 4.78 is 13.1. The van der Waals surface area contributed by atoms with Crippen LogP contribution in [0.4, 0.5) is 4.39 Å². The average molecular weight is 328 g/mol. The molecule has 1 N–H and O–H groups in total. The van der Waals surface area contributed by atoms with E-state index in [2.05, 4.69) is 4.98 Å². The molecule has 1 fully saturated rings. The number of amides is 1. The summed E-state index contributed by atoms with van der Waals surface area (Å²) in [4.78, 5) is 29.0. The van der Waals surface area contributed by atoms with Gasteiger partial charge < -0.3 is 10.0 Å². The second-order valence-electron chi connectivity index (χ2n) is 6.03. The second-order valence-corrected chi connectivity index (χ2v) is 6.03. The van der Waals surface area contributed by atoms with Gasteiger partial charge in [-0.15, -0.1) is 0 Å². The fourth-order valence-electron chi connectivity index (χ4n) is 3.10. The first kappa shape index (κ1) is 16.1. The Morgan fingerprint density at radius 3 is 2.50 bits per heavy atom. The van der Waals surface area contributed by atoms with Crippen molar-refractivity contribution in [3.63, 3.8) is 0 Å². The Morgan fingerprint density at radius 1 is 1.21 bits per heavy atom. The quantitative estimate of drug-likeness (QED) is 0.940. The molecule has 1 aliphatic rings. The predicted molar refractivity (Wildman–Crippen MR) is 85.5 cm³/mol. The minimum absolute atomic E-state index is 0.0479. The molecule has 0 saturated carbocycles. The third-order valence-corrected chi connectivity index (χ3v) is 4.41. The molecule has 0 spiro atoms. The van der Waals surface area contributed by atoms with Gasteiger partial charge in [-0.25, -0.2) is 14.2 Å². The average Bonchev–Trinajstić information content (AvgIpc) is 2.96. The van der Waals surface area contributed by atoms with E-state index in [9.17, 15) is 14.0 Å². The van der Waals surface area contributed by atoms with Crippen molar-refractivity contribution < 1.29 is 19.1 Å². The van der Waals surface area contributed by atoms with Gasteiger partial charge in [-0.2, -0.15) is 0 Å². The van der Waals surface area contributed by atoms with Gasteiger partial charge in [0.2, 0.25) is 0 Å². The zero-order valence-electron chi connectivity index (χ0n) is 13.1. The normalized spacial score (nSPS) is 20.2. The molecule has 1 amide bonds. The smallest absolute Gasteiger partial charge is 0.354 e. The summed E-state index contributed by atoms with van der Waals surface area (Å²) in [5.41, 5.74) is 1.29. The van der Waals surface area contributed by atoms with Crippen molar-refractivity contribution in [3.05, 3.63) is 65.2 Å². The van der Waals surface area contributed by atoms with Gasteiger partial charge >= 0.3 is 5.97 Å². The lowest BCUT2D eigenvalue weighted by molar-refractivity contribution is 0.0686. The first-order valence-electron chi connectivity index (χ1n) is 7.71. The SMILES string of the molecule is CC1CC(c2ccc(F)cc2)CN1C(=O)c1ccc(C(=O)O)nc1. The summed E-state index contributed by atoms with van der Waals surface area (Å²) in [6.45, 7) is 2.52. The van der Waals surface area contributed by atoms with Gasteiger partial charge in [0, 0.05) is 24.7 Å². The molecule has 2 unspecified atom stereocenters. The van der Waals surface area contributed by atoms with E-state index in [4.69, 9.17) is 5.11 Å². The largest absolute Gasteiger partial charge is 0.477 e. The zero-order valence-corrected chi connectivity index (χ0v) is 13.1. The Bertz CT molecular complexity index is 759. The van der Waals surface area contributed by atoms with Gasteiger partial charge in [0.15, 0.2) is 0 Å². The van der Waals surface area contributed by atoms with E-state index in [1.54, 1.807) is 17.0 Å². The maximum atomic E-state index is 13.1. The van der Waals surface area contributed by atoms with Gasteiger partial charge in [0.25, 0.3) is 5.91 Å². The molecule has 6 heteroatoms. The van der Waals surface area contributed by atoms with Crippen LogP contribution in [-0.4, -0.2) is 39.5 Å². The monoisotopic (exact) mass is 328 g/mol. The zero-order chi connectivity index (χ0) is 17.3. The van der Waals surface area contributed by atoms with E-state index in [-0.39, 0.29) is 29.4 Å². The highest BCUT2D eigenvalue weighted by Crippen LogP contribution is 2.32. The highest BCUT2D eigenvalue weighted by molar-refractivity contribution is 5.95. The van der Waals surface area contributed by atoms with Crippen LogP contribution >= 0.6 is 0 Å². The lowest BCUT2D eigenvalue weighted by Crippen LogP contribution is -2.34. The first-order chi connectivity index (χ1) is 11.5. The predicted octanol–water partition coefficient (Wildman–Crippen LogP) is 2.94. The molecule has 2 heterocycles. The molecule has 24 heavy (non-hydrogen) atoms. The number of carboxylic acids is 1. The van der Waals surface area contributed by atoms with E-state index in [0.717, 1.165) is 12.0 Å². The van der Waals surface area contributed by atoms with E-state index in [1.165, 1.54) is 30.5 Å². The van der Waals surface area contributed by atoms with E-state index >= 15 is 0 Å². The number of hydrogen-bond acceptors (Lipinski definition) is 3. The number of pyridine rings is 1. The van der Waals surface area contributed by atoms with Gasteiger partial charge in [0.1, 0.15) is 11.5 Å². The second kappa shape index (κ2) is 6.39. The molecule has 1 aromatic heterocycles. The Kier molecular flexibility index (Phi) is 4.29. The van der Waals surface area contributed by atoms with Gasteiger partial charge in [-0.3, -0.25) is 4.79 Å². The summed E-state index contributed by atoms with van der Waals surface area (Å²) in [5.74, 6) is -1.41. The lowest BCUT2D eigenvalue weighted by atomic mass is 9.97. The number of carbonyl (C=O) groups excluding carboxylic acids is 1. The highest BCUT2D eigenvalue weighted by Gasteiger charge is 2.33. The molecule has 0 radical (unpaired) electrons. The van der Waals surface area contributed by atoms with Gasteiger partial charge in [0.05, 0.1) is 5.56 Å². The number of nitrogens with zero attached hydrogens (tertiary/aromatic N) is 2. The molecular weight excluding hydrogens is 311 g/mol. The minimum Gasteiger partial charge on any atom is -0.477 e. The molecule has 3 rings (SSSR count). The molecule has 1 saturated heterocycles. The standard InChI is InChI=1S/C18H17FN2O3/c1-11-8-14(12-2-5-15(19)6-3-12)10-21(11)17(22)13-4-7-16(18(23)24)20-9-13/h2-7,9,11,14H,8,10H2,1H3,(H,23,24). The Morgan fingerprint density at radius 2 is 1.92 bits per heavy atom. The fourth-order valence-corrected chi connectivity index (χ4v) is 3.10. The van der Waals surface area contributed by atoms with E-state index in [1.807, 2.05) is 6.92 Å². The van der Waals surface area contributed by atoms with E-state index in [0.29, 0.717) is 12.1 Å². The Balaban J connectivity index is 1.75. The number of carboxylic acid groups (broad SMARTS) is 1. The number of hydrogen-bond donors (Lipinski definition) is 1. The molecule has 124 valence electrons. The summed E-state index contributed by atoms with van der Waals surface area (Å²) in [6.07, 6.45) is 2.10. The maximum absolute atomic E-state index is 13.1. The molecule has 0 bridgehead atoms. The fraction of sp³-hybridized carbons (Fsp3) is 0.278. The topological polar surface area (TPSA) is 70.5 Å². The molecule has 1 aliphatic heterocycles. The van der Waals surface area contributed by atoms with Crippen LogP contribution in [0, 0.1) is 5.82 Å². The van der Waals surface area contributed by atoms with Gasteiger partial charge in [-0.1, -0.05) is 12.1 Å². The van der Waals surface area contributed by atoms with Crippen molar-refractivity contribution in [1.29, 1.82) is 0 Å². The molecule has 2 atom stereocenters.